The average molecular weight is 251 g/mol. The lowest BCUT2D eigenvalue weighted by Gasteiger charge is -2.10. The summed E-state index contributed by atoms with van der Waals surface area (Å²) in [5.74, 6) is 0. The van der Waals surface area contributed by atoms with Gasteiger partial charge in [0.15, 0.2) is 0 Å². The van der Waals surface area contributed by atoms with Gasteiger partial charge in [0.05, 0.1) is 0 Å². The zero-order chi connectivity index (χ0) is 12.6. The molecule has 0 spiro atoms. The molecule has 2 aromatic carbocycles. The number of nitrogens with one attached hydrogen (secondary N) is 1. The van der Waals surface area contributed by atoms with Crippen LogP contribution in [0, 0.1) is 6.92 Å². The van der Waals surface area contributed by atoms with Gasteiger partial charge in [-0.25, -0.2) is 0 Å². The first kappa shape index (κ1) is 11.7. The maximum atomic E-state index is 11.1. The number of anilines is 2. The van der Waals surface area contributed by atoms with E-state index in [-0.39, 0.29) is 11.4 Å². The van der Waals surface area contributed by atoms with Gasteiger partial charge in [0.2, 0.25) is 0 Å². The molecule has 0 heterocycles. The zero-order valence-corrected chi connectivity index (χ0v) is 9.97. The number of nitrogens with two attached hydrogens (primary N) is 1. The fourth-order valence-corrected chi connectivity index (χ4v) is 1.72. The molecule has 0 bridgehead atoms. The van der Waals surface area contributed by atoms with Crippen molar-refractivity contribution in [3.8, 4) is 0 Å². The van der Waals surface area contributed by atoms with Crippen molar-refractivity contribution in [2.45, 2.75) is 13.5 Å². The van der Waals surface area contributed by atoms with Crippen LogP contribution < -0.4 is 21.9 Å². The SMILES string of the molecule is Cc1ccc(CNc2c(N)c(=O)c2=O)cc1Cl. The summed E-state index contributed by atoms with van der Waals surface area (Å²) in [6, 6.07) is 5.60. The van der Waals surface area contributed by atoms with Gasteiger partial charge in [-0.3, -0.25) is 9.59 Å². The van der Waals surface area contributed by atoms with E-state index < -0.39 is 10.9 Å². The molecule has 0 radical (unpaired) electrons. The standard InChI is InChI=1S/C12H11ClN2O2/c1-6-2-3-7(4-8(6)13)5-15-10-9(14)11(16)12(10)17/h2-4,15H,5,14H2,1H3. The fraction of sp³-hybridized carbons (Fsp3) is 0.167. The molecule has 0 fully saturated rings. The molecule has 88 valence electrons. The van der Waals surface area contributed by atoms with Gasteiger partial charge in [0.25, 0.3) is 10.9 Å². The van der Waals surface area contributed by atoms with Crippen molar-refractivity contribution >= 4 is 23.0 Å². The number of benzene rings is 1. The van der Waals surface area contributed by atoms with E-state index in [0.717, 1.165) is 11.1 Å². The van der Waals surface area contributed by atoms with Crippen LogP contribution in [0.2, 0.25) is 5.02 Å². The third-order valence-corrected chi connectivity index (χ3v) is 3.06. The van der Waals surface area contributed by atoms with Gasteiger partial charge < -0.3 is 11.1 Å². The van der Waals surface area contributed by atoms with E-state index in [1.165, 1.54) is 0 Å². The van der Waals surface area contributed by atoms with Gasteiger partial charge in [-0.1, -0.05) is 23.7 Å². The number of halogens is 1. The minimum atomic E-state index is -0.616. The van der Waals surface area contributed by atoms with Gasteiger partial charge >= 0.3 is 0 Å². The average Bonchev–Trinajstić information content (AvgIpc) is 2.33. The fourth-order valence-electron chi connectivity index (χ4n) is 1.52. The van der Waals surface area contributed by atoms with E-state index in [0.29, 0.717) is 11.6 Å². The highest BCUT2D eigenvalue weighted by atomic mass is 35.5. The minimum absolute atomic E-state index is 0.00760. The molecular formula is C12H11ClN2O2. The highest BCUT2D eigenvalue weighted by Crippen LogP contribution is 2.18. The van der Waals surface area contributed by atoms with Crippen molar-refractivity contribution in [2.75, 3.05) is 11.1 Å². The smallest absolute Gasteiger partial charge is 0.253 e. The second kappa shape index (κ2) is 4.22. The second-order valence-corrected chi connectivity index (χ2v) is 4.29. The van der Waals surface area contributed by atoms with Crippen molar-refractivity contribution in [2.24, 2.45) is 0 Å². The molecule has 0 aliphatic heterocycles. The highest BCUT2D eigenvalue weighted by molar-refractivity contribution is 6.31. The molecule has 3 N–H and O–H groups in total. The maximum Gasteiger partial charge on any atom is 0.253 e. The minimum Gasteiger partial charge on any atom is -0.394 e. The van der Waals surface area contributed by atoms with E-state index in [9.17, 15) is 9.59 Å². The lowest BCUT2D eigenvalue weighted by Crippen LogP contribution is -2.36. The Morgan fingerprint density at radius 2 is 2.00 bits per heavy atom. The van der Waals surface area contributed by atoms with Crippen LogP contribution >= 0.6 is 11.6 Å². The summed E-state index contributed by atoms with van der Waals surface area (Å²) in [4.78, 5) is 22.0. The largest absolute Gasteiger partial charge is 0.394 e. The molecule has 0 atom stereocenters. The van der Waals surface area contributed by atoms with Gasteiger partial charge in [-0.05, 0) is 24.1 Å². The molecule has 2 rings (SSSR count). The third-order valence-electron chi connectivity index (χ3n) is 2.65. The molecule has 0 saturated carbocycles. The summed E-state index contributed by atoms with van der Waals surface area (Å²) >= 11 is 5.97. The zero-order valence-electron chi connectivity index (χ0n) is 9.21. The normalized spacial score (nSPS) is 10.7. The molecule has 0 aliphatic rings. The first-order chi connectivity index (χ1) is 8.00. The lowest BCUT2D eigenvalue weighted by atomic mass is 10.1. The number of nitrogen functional groups attached to an aromatic ring is 1. The van der Waals surface area contributed by atoms with Crippen LogP contribution in [0.15, 0.2) is 27.8 Å². The van der Waals surface area contributed by atoms with E-state index >= 15 is 0 Å². The van der Waals surface area contributed by atoms with Gasteiger partial charge in [0.1, 0.15) is 11.4 Å². The number of hydrogen-bond acceptors (Lipinski definition) is 4. The van der Waals surface area contributed by atoms with Crippen LogP contribution in [0.4, 0.5) is 11.4 Å². The summed E-state index contributed by atoms with van der Waals surface area (Å²) < 4.78 is 0. The van der Waals surface area contributed by atoms with Crippen LogP contribution in [0.3, 0.4) is 0 Å². The first-order valence-electron chi connectivity index (χ1n) is 5.08. The number of hydrogen-bond donors (Lipinski definition) is 2. The number of aryl methyl sites for hydroxylation is 1. The van der Waals surface area contributed by atoms with Crippen molar-refractivity contribution in [1.82, 2.24) is 0 Å². The Morgan fingerprint density at radius 3 is 2.59 bits per heavy atom. The predicted octanol–water partition coefficient (Wildman–Crippen LogP) is 1.44. The highest BCUT2D eigenvalue weighted by Gasteiger charge is 2.16. The molecular weight excluding hydrogens is 240 g/mol. The molecule has 0 saturated heterocycles. The van der Waals surface area contributed by atoms with Crippen LogP contribution in [0.25, 0.3) is 0 Å². The Labute approximate surface area is 103 Å². The Hall–Kier alpha value is -1.81. The quantitative estimate of drug-likeness (QED) is 0.809. The molecule has 0 amide bonds. The molecule has 17 heavy (non-hydrogen) atoms. The molecule has 4 nitrogen and oxygen atoms in total. The Morgan fingerprint density at radius 1 is 1.29 bits per heavy atom. The molecule has 2 aromatic rings. The van der Waals surface area contributed by atoms with Gasteiger partial charge in [-0.2, -0.15) is 0 Å². The Bertz CT molecular complexity index is 642. The summed E-state index contributed by atoms with van der Waals surface area (Å²) in [6.07, 6.45) is 0. The lowest BCUT2D eigenvalue weighted by molar-refractivity contribution is 1.13. The van der Waals surface area contributed by atoms with Crippen molar-refractivity contribution in [1.29, 1.82) is 0 Å². The van der Waals surface area contributed by atoms with E-state index in [4.69, 9.17) is 17.3 Å². The second-order valence-electron chi connectivity index (χ2n) is 3.88. The summed E-state index contributed by atoms with van der Waals surface area (Å²) in [5, 5.41) is 3.51. The van der Waals surface area contributed by atoms with Crippen LogP contribution in [0.1, 0.15) is 11.1 Å². The summed E-state index contributed by atoms with van der Waals surface area (Å²) in [7, 11) is 0. The van der Waals surface area contributed by atoms with Gasteiger partial charge in [0, 0.05) is 11.6 Å². The van der Waals surface area contributed by atoms with E-state index in [2.05, 4.69) is 5.32 Å². The van der Waals surface area contributed by atoms with Crippen molar-refractivity contribution < 1.29 is 0 Å². The van der Waals surface area contributed by atoms with E-state index in [1.807, 2.05) is 25.1 Å². The maximum absolute atomic E-state index is 11.1. The van der Waals surface area contributed by atoms with Crippen molar-refractivity contribution in [3.05, 3.63) is 54.8 Å². The number of rotatable bonds is 3. The Kier molecular flexibility index (Phi) is 2.90. The first-order valence-corrected chi connectivity index (χ1v) is 5.46. The van der Waals surface area contributed by atoms with Crippen LogP contribution in [-0.4, -0.2) is 0 Å². The predicted molar refractivity (Wildman–Crippen MR) is 69.3 cm³/mol. The van der Waals surface area contributed by atoms with E-state index in [1.54, 1.807) is 0 Å². The van der Waals surface area contributed by atoms with Crippen molar-refractivity contribution in [3.63, 3.8) is 0 Å². The van der Waals surface area contributed by atoms with Crippen LogP contribution in [-0.2, 0) is 6.54 Å². The molecule has 0 aliphatic carbocycles. The summed E-state index contributed by atoms with van der Waals surface area (Å²) in [5.41, 5.74) is 6.35. The van der Waals surface area contributed by atoms with Crippen LogP contribution in [0.5, 0.6) is 0 Å². The topological polar surface area (TPSA) is 72.2 Å². The Balaban J connectivity index is 2.11. The van der Waals surface area contributed by atoms with Gasteiger partial charge in [-0.15, -0.1) is 0 Å². The monoisotopic (exact) mass is 250 g/mol. The molecule has 0 aromatic heterocycles. The molecule has 0 unspecified atom stereocenters. The molecule has 5 heteroatoms. The summed E-state index contributed by atoms with van der Waals surface area (Å²) in [6.45, 7) is 2.32. The third kappa shape index (κ3) is 2.03.